The second kappa shape index (κ2) is 9.37. The van der Waals surface area contributed by atoms with E-state index in [0.29, 0.717) is 19.6 Å². The number of rotatable bonds is 8. The monoisotopic (exact) mass is 383 g/mol. The van der Waals surface area contributed by atoms with Crippen LogP contribution in [-0.4, -0.2) is 36.7 Å². The minimum absolute atomic E-state index is 0.232. The zero-order chi connectivity index (χ0) is 19.9. The SMILES string of the molecule is COc1ccc(COCCCC(=O)N2C(=O)O[C@@H](c3ccccc3)[C@H]2C)cc1. The van der Waals surface area contributed by atoms with E-state index in [0.717, 1.165) is 16.9 Å². The van der Waals surface area contributed by atoms with Crippen LogP contribution in [0.2, 0.25) is 0 Å². The molecule has 2 aromatic carbocycles. The Hall–Kier alpha value is -2.86. The molecule has 28 heavy (non-hydrogen) atoms. The van der Waals surface area contributed by atoms with Gasteiger partial charge in [-0.2, -0.15) is 0 Å². The molecule has 0 spiro atoms. The molecule has 1 saturated heterocycles. The van der Waals surface area contributed by atoms with Gasteiger partial charge in [0.05, 0.1) is 19.8 Å². The first kappa shape index (κ1) is 19.9. The Morgan fingerprint density at radius 2 is 1.82 bits per heavy atom. The summed E-state index contributed by atoms with van der Waals surface area (Å²) in [6.07, 6.45) is -0.222. The van der Waals surface area contributed by atoms with Crippen molar-refractivity contribution >= 4 is 12.0 Å². The first-order chi connectivity index (χ1) is 13.6. The van der Waals surface area contributed by atoms with E-state index < -0.39 is 12.2 Å². The molecular weight excluding hydrogens is 358 g/mol. The van der Waals surface area contributed by atoms with Crippen LogP contribution in [0, 0.1) is 0 Å². The Morgan fingerprint density at radius 3 is 2.50 bits per heavy atom. The van der Waals surface area contributed by atoms with Crippen molar-refractivity contribution in [3.8, 4) is 5.75 Å². The van der Waals surface area contributed by atoms with E-state index in [1.54, 1.807) is 7.11 Å². The van der Waals surface area contributed by atoms with Crippen molar-refractivity contribution in [3.05, 3.63) is 65.7 Å². The molecular formula is C22H25NO5. The Labute approximate surface area is 165 Å². The summed E-state index contributed by atoms with van der Waals surface area (Å²) in [5.41, 5.74) is 1.93. The van der Waals surface area contributed by atoms with Gasteiger partial charge in [0.2, 0.25) is 5.91 Å². The smallest absolute Gasteiger partial charge is 0.417 e. The van der Waals surface area contributed by atoms with Gasteiger partial charge in [-0.3, -0.25) is 4.79 Å². The van der Waals surface area contributed by atoms with Gasteiger partial charge < -0.3 is 14.2 Å². The minimum Gasteiger partial charge on any atom is -0.497 e. The van der Waals surface area contributed by atoms with E-state index in [1.165, 1.54) is 4.90 Å². The van der Waals surface area contributed by atoms with Gasteiger partial charge in [0.25, 0.3) is 0 Å². The van der Waals surface area contributed by atoms with Gasteiger partial charge in [0, 0.05) is 13.0 Å². The first-order valence-electron chi connectivity index (χ1n) is 9.38. The third-order valence-corrected chi connectivity index (χ3v) is 4.77. The quantitative estimate of drug-likeness (QED) is 0.642. The van der Waals surface area contributed by atoms with Gasteiger partial charge in [-0.1, -0.05) is 42.5 Å². The third-order valence-electron chi connectivity index (χ3n) is 4.77. The molecule has 0 aliphatic carbocycles. The molecule has 0 unspecified atom stereocenters. The largest absolute Gasteiger partial charge is 0.497 e. The maximum atomic E-state index is 12.5. The first-order valence-corrected chi connectivity index (χ1v) is 9.38. The highest BCUT2D eigenvalue weighted by Gasteiger charge is 2.42. The average molecular weight is 383 g/mol. The van der Waals surface area contributed by atoms with E-state index in [1.807, 2.05) is 61.5 Å². The number of imide groups is 1. The summed E-state index contributed by atoms with van der Waals surface area (Å²) in [7, 11) is 1.63. The number of hydrogen-bond donors (Lipinski definition) is 0. The number of nitrogens with zero attached hydrogens (tertiary/aromatic N) is 1. The molecule has 6 heteroatoms. The fraction of sp³-hybridized carbons (Fsp3) is 0.364. The number of benzene rings is 2. The summed E-state index contributed by atoms with van der Waals surface area (Å²) >= 11 is 0. The van der Waals surface area contributed by atoms with E-state index in [2.05, 4.69) is 0 Å². The highest BCUT2D eigenvalue weighted by atomic mass is 16.6. The number of hydrogen-bond acceptors (Lipinski definition) is 5. The standard InChI is InChI=1S/C22H25NO5/c1-16-21(18-7-4-3-5-8-18)28-22(25)23(16)20(24)9-6-14-27-15-17-10-12-19(26-2)13-11-17/h3-5,7-8,10-13,16,21H,6,9,14-15H2,1-2H3/t16-,21-/m1/s1. The van der Waals surface area contributed by atoms with Crippen LogP contribution in [0.15, 0.2) is 54.6 Å². The maximum absolute atomic E-state index is 12.5. The van der Waals surface area contributed by atoms with Crippen LogP contribution in [0.1, 0.15) is 37.0 Å². The molecule has 6 nitrogen and oxygen atoms in total. The fourth-order valence-electron chi connectivity index (χ4n) is 3.24. The minimum atomic E-state index is -0.578. The van der Waals surface area contributed by atoms with Crippen LogP contribution in [-0.2, 0) is 20.9 Å². The molecule has 3 rings (SSSR count). The number of ether oxygens (including phenoxy) is 3. The average Bonchev–Trinajstić information content (AvgIpc) is 3.03. The lowest BCUT2D eigenvalue weighted by Gasteiger charge is -2.19. The molecule has 2 atom stereocenters. The van der Waals surface area contributed by atoms with Crippen LogP contribution in [0.4, 0.5) is 4.79 Å². The van der Waals surface area contributed by atoms with Crippen LogP contribution in [0.25, 0.3) is 0 Å². The Bertz CT molecular complexity index is 790. The number of carbonyl (C=O) groups is 2. The topological polar surface area (TPSA) is 65.1 Å². The molecule has 148 valence electrons. The third kappa shape index (κ3) is 4.70. The van der Waals surface area contributed by atoms with Crippen molar-refractivity contribution in [1.29, 1.82) is 0 Å². The lowest BCUT2D eigenvalue weighted by molar-refractivity contribution is -0.129. The lowest BCUT2D eigenvalue weighted by atomic mass is 10.0. The highest BCUT2D eigenvalue weighted by Crippen LogP contribution is 2.32. The fourth-order valence-corrected chi connectivity index (χ4v) is 3.24. The molecule has 0 N–H and O–H groups in total. The van der Waals surface area contributed by atoms with Gasteiger partial charge in [0.15, 0.2) is 0 Å². The van der Waals surface area contributed by atoms with Crippen molar-refractivity contribution in [3.63, 3.8) is 0 Å². The molecule has 0 bridgehead atoms. The lowest BCUT2D eigenvalue weighted by Crippen LogP contribution is -2.37. The number of carbonyl (C=O) groups excluding carboxylic acids is 2. The summed E-state index contributed by atoms with van der Waals surface area (Å²) < 4.78 is 16.2. The van der Waals surface area contributed by atoms with Gasteiger partial charge in [-0.05, 0) is 36.6 Å². The summed E-state index contributed by atoms with van der Waals surface area (Å²) in [4.78, 5) is 25.9. The maximum Gasteiger partial charge on any atom is 0.417 e. The van der Waals surface area contributed by atoms with Crippen molar-refractivity contribution in [1.82, 2.24) is 4.90 Å². The van der Waals surface area contributed by atoms with E-state index in [-0.39, 0.29) is 18.4 Å². The zero-order valence-electron chi connectivity index (χ0n) is 16.2. The van der Waals surface area contributed by atoms with Gasteiger partial charge >= 0.3 is 6.09 Å². The van der Waals surface area contributed by atoms with Gasteiger partial charge in [-0.15, -0.1) is 0 Å². The van der Waals surface area contributed by atoms with Gasteiger partial charge in [-0.25, -0.2) is 9.69 Å². The highest BCUT2D eigenvalue weighted by molar-refractivity contribution is 5.93. The summed E-state index contributed by atoms with van der Waals surface area (Å²) in [6, 6.07) is 16.8. The van der Waals surface area contributed by atoms with Gasteiger partial charge in [0.1, 0.15) is 11.9 Å². The van der Waals surface area contributed by atoms with E-state index in [9.17, 15) is 9.59 Å². The van der Waals surface area contributed by atoms with Crippen molar-refractivity contribution in [2.45, 2.75) is 38.5 Å². The van der Waals surface area contributed by atoms with Crippen LogP contribution >= 0.6 is 0 Å². The normalized spacial score (nSPS) is 18.8. The van der Waals surface area contributed by atoms with E-state index in [4.69, 9.17) is 14.2 Å². The molecule has 1 fully saturated rings. The molecule has 0 saturated carbocycles. The van der Waals surface area contributed by atoms with Crippen molar-refractivity contribution in [2.75, 3.05) is 13.7 Å². The summed E-state index contributed by atoms with van der Waals surface area (Å²) in [5.74, 6) is 0.568. The predicted molar refractivity (Wildman–Crippen MR) is 104 cm³/mol. The second-order valence-electron chi connectivity index (χ2n) is 6.72. The molecule has 2 aromatic rings. The predicted octanol–water partition coefficient (Wildman–Crippen LogP) is 4.10. The molecule has 0 aromatic heterocycles. The Kier molecular flexibility index (Phi) is 6.66. The Balaban J connectivity index is 1.43. The zero-order valence-corrected chi connectivity index (χ0v) is 16.2. The van der Waals surface area contributed by atoms with Crippen molar-refractivity contribution in [2.24, 2.45) is 0 Å². The molecule has 1 aliphatic heterocycles. The summed E-state index contributed by atoms with van der Waals surface area (Å²) in [6.45, 7) is 2.74. The number of methoxy groups -OCH3 is 1. The molecule has 1 aliphatic rings. The number of amides is 2. The molecule has 1 heterocycles. The van der Waals surface area contributed by atoms with E-state index >= 15 is 0 Å². The van der Waals surface area contributed by atoms with Crippen LogP contribution in [0.3, 0.4) is 0 Å². The number of cyclic esters (lactones) is 1. The Morgan fingerprint density at radius 1 is 1.11 bits per heavy atom. The second-order valence-corrected chi connectivity index (χ2v) is 6.72. The van der Waals surface area contributed by atoms with Crippen LogP contribution < -0.4 is 4.74 Å². The summed E-state index contributed by atoms with van der Waals surface area (Å²) in [5, 5.41) is 0. The van der Waals surface area contributed by atoms with Crippen LogP contribution in [0.5, 0.6) is 5.75 Å². The molecule has 2 amide bonds. The van der Waals surface area contributed by atoms with Crippen molar-refractivity contribution < 1.29 is 23.8 Å². The molecule has 0 radical (unpaired) electrons.